The van der Waals surface area contributed by atoms with Gasteiger partial charge in [-0.15, -0.1) is 0 Å². The van der Waals surface area contributed by atoms with Crippen LogP contribution in [-0.4, -0.2) is 62.6 Å². The van der Waals surface area contributed by atoms with E-state index < -0.39 is 16.9 Å². The molecule has 7 heteroatoms. The van der Waals surface area contributed by atoms with Crippen molar-refractivity contribution in [2.75, 3.05) is 33.0 Å². The summed E-state index contributed by atoms with van der Waals surface area (Å²) in [7, 11) is 0. The van der Waals surface area contributed by atoms with Crippen LogP contribution in [0.15, 0.2) is 158 Å². The van der Waals surface area contributed by atoms with Gasteiger partial charge in [0.05, 0.1) is 38.1 Å². The Morgan fingerprint density at radius 1 is 0.525 bits per heavy atom. The van der Waals surface area contributed by atoms with Crippen LogP contribution in [0.3, 0.4) is 0 Å². The fourth-order valence-corrected chi connectivity index (χ4v) is 7.86. The Kier molecular flexibility index (Phi) is 12.3. The minimum Gasteiger partial charge on any atom is -0.493 e. The summed E-state index contributed by atoms with van der Waals surface area (Å²) in [5.74, 6) is 3.15. The lowest BCUT2D eigenvalue weighted by molar-refractivity contribution is 0.0857. The second-order valence-corrected chi connectivity index (χ2v) is 16.1. The summed E-state index contributed by atoms with van der Waals surface area (Å²) in [5.41, 5.74) is 6.18. The molecule has 2 saturated heterocycles. The van der Waals surface area contributed by atoms with Crippen molar-refractivity contribution in [1.29, 1.82) is 0 Å². The maximum Gasteiger partial charge on any atom is 0.119 e. The van der Waals surface area contributed by atoms with Gasteiger partial charge in [-0.05, 0) is 103 Å². The molecule has 0 saturated carbocycles. The molecule has 2 fully saturated rings. The van der Waals surface area contributed by atoms with E-state index in [0.717, 1.165) is 59.1 Å². The van der Waals surface area contributed by atoms with Crippen LogP contribution in [0.25, 0.3) is 0 Å². The van der Waals surface area contributed by atoms with Gasteiger partial charge in [0.1, 0.15) is 42.3 Å². The second-order valence-electron chi connectivity index (χ2n) is 16.1. The lowest BCUT2D eigenvalue weighted by Gasteiger charge is -2.32. The van der Waals surface area contributed by atoms with E-state index in [1.165, 1.54) is 11.1 Å². The highest BCUT2D eigenvalue weighted by Crippen LogP contribution is 2.41. The highest BCUT2D eigenvalue weighted by molar-refractivity contribution is 5.53. The number of benzene rings is 6. The second kappa shape index (κ2) is 18.1. The molecule has 6 aromatic carbocycles. The van der Waals surface area contributed by atoms with Crippen molar-refractivity contribution in [2.45, 2.75) is 68.9 Å². The molecule has 2 aliphatic heterocycles. The van der Waals surface area contributed by atoms with Gasteiger partial charge in [0.15, 0.2) is 0 Å². The van der Waals surface area contributed by atoms with E-state index >= 15 is 0 Å². The first kappa shape index (κ1) is 40.2. The SMILES string of the molecule is CC(CC1CO1)Oc1ccc(C(C)(c2ccccc2)c2ccc(OCC(O)CCOc3ccc(C(C)(c4ccccc4)c4ccc(OCC5CO5)cc4)cc3)cc2)cc1. The highest BCUT2D eigenvalue weighted by atomic mass is 16.6. The van der Waals surface area contributed by atoms with Crippen molar-refractivity contribution in [3.05, 3.63) is 191 Å². The number of aliphatic hydroxyl groups is 1. The van der Waals surface area contributed by atoms with Gasteiger partial charge in [-0.3, -0.25) is 0 Å². The van der Waals surface area contributed by atoms with Crippen LogP contribution >= 0.6 is 0 Å². The van der Waals surface area contributed by atoms with Gasteiger partial charge in [0.2, 0.25) is 0 Å². The van der Waals surface area contributed by atoms with Gasteiger partial charge in [-0.1, -0.05) is 109 Å². The van der Waals surface area contributed by atoms with Crippen LogP contribution in [0.1, 0.15) is 67.0 Å². The first-order chi connectivity index (χ1) is 28.8. The largest absolute Gasteiger partial charge is 0.493 e. The predicted molar refractivity (Wildman–Crippen MR) is 231 cm³/mol. The molecule has 6 atom stereocenters. The lowest BCUT2D eigenvalue weighted by atomic mass is 9.71. The third-order valence-electron chi connectivity index (χ3n) is 11.8. The Morgan fingerprint density at radius 2 is 0.915 bits per heavy atom. The quantitative estimate of drug-likeness (QED) is 0.0609. The van der Waals surface area contributed by atoms with Gasteiger partial charge in [-0.25, -0.2) is 0 Å². The summed E-state index contributed by atoms with van der Waals surface area (Å²) in [6.45, 7) is 9.30. The van der Waals surface area contributed by atoms with Gasteiger partial charge in [0, 0.05) is 23.7 Å². The molecule has 7 nitrogen and oxygen atoms in total. The number of epoxide rings is 2. The van der Waals surface area contributed by atoms with Gasteiger partial charge < -0.3 is 33.5 Å². The van der Waals surface area contributed by atoms with E-state index in [4.69, 9.17) is 28.4 Å². The molecule has 1 N–H and O–H groups in total. The van der Waals surface area contributed by atoms with Crippen molar-refractivity contribution in [2.24, 2.45) is 0 Å². The Hall–Kier alpha value is -5.60. The monoisotopic (exact) mass is 790 g/mol. The van der Waals surface area contributed by atoms with E-state index in [2.05, 4.69) is 130 Å². The maximum atomic E-state index is 10.8. The standard InChI is InChI=1S/C52H54O7/c1-37(32-49-34-57-49)59-48-28-20-43(21-29-48)52(3,39-12-8-5-9-13-39)41-16-24-46(25-17-41)55-33-44(53)30-31-54-45-22-14-40(15-23-45)51(2,38-10-6-4-7-11-38)42-18-26-47(27-19-42)56-35-50-36-58-50/h4-29,37,44,49-50,53H,30-36H2,1-3H3. The van der Waals surface area contributed by atoms with Gasteiger partial charge in [-0.2, -0.15) is 0 Å². The van der Waals surface area contributed by atoms with E-state index in [1.54, 1.807) is 0 Å². The molecule has 59 heavy (non-hydrogen) atoms. The third kappa shape index (κ3) is 9.82. The summed E-state index contributed by atoms with van der Waals surface area (Å²) >= 11 is 0. The molecule has 2 heterocycles. The Bertz CT molecular complexity index is 2200. The third-order valence-corrected chi connectivity index (χ3v) is 11.8. The zero-order valence-electron chi connectivity index (χ0n) is 34.2. The Balaban J connectivity index is 0.859. The summed E-state index contributed by atoms with van der Waals surface area (Å²) in [5, 5.41) is 10.8. The van der Waals surface area contributed by atoms with E-state index in [0.29, 0.717) is 31.5 Å². The number of hydrogen-bond acceptors (Lipinski definition) is 7. The molecule has 6 aromatic rings. The molecule has 2 aliphatic rings. The highest BCUT2D eigenvalue weighted by Gasteiger charge is 2.33. The Morgan fingerprint density at radius 3 is 1.36 bits per heavy atom. The van der Waals surface area contributed by atoms with Crippen LogP contribution in [0.2, 0.25) is 0 Å². The summed E-state index contributed by atoms with van der Waals surface area (Å²) in [6.07, 6.45) is 1.29. The fraction of sp³-hybridized carbons (Fsp3) is 0.308. The molecule has 0 aromatic heterocycles. The van der Waals surface area contributed by atoms with Crippen LogP contribution in [0.4, 0.5) is 0 Å². The zero-order valence-corrected chi connectivity index (χ0v) is 34.2. The molecular weight excluding hydrogens is 737 g/mol. The van der Waals surface area contributed by atoms with Crippen molar-refractivity contribution in [3.63, 3.8) is 0 Å². The number of aliphatic hydroxyl groups excluding tert-OH is 1. The molecular formula is C52H54O7. The smallest absolute Gasteiger partial charge is 0.119 e. The van der Waals surface area contributed by atoms with Crippen LogP contribution < -0.4 is 18.9 Å². The maximum absolute atomic E-state index is 10.8. The molecule has 0 aliphatic carbocycles. The molecule has 8 rings (SSSR count). The first-order valence-electron chi connectivity index (χ1n) is 20.8. The number of rotatable bonds is 20. The zero-order chi connectivity index (χ0) is 40.7. The van der Waals surface area contributed by atoms with Gasteiger partial charge >= 0.3 is 0 Å². The first-order valence-corrected chi connectivity index (χ1v) is 20.8. The topological polar surface area (TPSA) is 82.2 Å². The molecule has 0 bridgehead atoms. The predicted octanol–water partition coefficient (Wildman–Crippen LogP) is 9.94. The van der Waals surface area contributed by atoms with Crippen LogP contribution in [0, 0.1) is 0 Å². The average Bonchev–Trinajstić information content (AvgIpc) is 4.24. The van der Waals surface area contributed by atoms with E-state index in [9.17, 15) is 5.11 Å². The summed E-state index contributed by atoms with van der Waals surface area (Å²) < 4.78 is 34.9. The van der Waals surface area contributed by atoms with Crippen LogP contribution in [-0.2, 0) is 20.3 Å². The average molecular weight is 791 g/mol. The normalized spacial score (nSPS) is 18.7. The minimum atomic E-state index is -0.686. The number of ether oxygens (including phenoxy) is 6. The molecule has 6 unspecified atom stereocenters. The fourth-order valence-electron chi connectivity index (χ4n) is 7.86. The molecule has 0 amide bonds. The summed E-state index contributed by atoms with van der Waals surface area (Å²) in [6, 6.07) is 54.3. The van der Waals surface area contributed by atoms with E-state index in [1.807, 2.05) is 48.5 Å². The summed E-state index contributed by atoms with van der Waals surface area (Å²) in [4.78, 5) is 0. The van der Waals surface area contributed by atoms with Crippen LogP contribution in [0.5, 0.6) is 23.0 Å². The lowest BCUT2D eigenvalue weighted by Crippen LogP contribution is -2.25. The number of hydrogen-bond donors (Lipinski definition) is 1. The van der Waals surface area contributed by atoms with Crippen molar-refractivity contribution >= 4 is 0 Å². The van der Waals surface area contributed by atoms with Gasteiger partial charge in [0.25, 0.3) is 0 Å². The van der Waals surface area contributed by atoms with E-state index in [-0.39, 0.29) is 18.8 Å². The van der Waals surface area contributed by atoms with Crippen molar-refractivity contribution in [3.8, 4) is 23.0 Å². The molecule has 304 valence electrons. The minimum absolute atomic E-state index is 0.0946. The van der Waals surface area contributed by atoms with Crippen molar-refractivity contribution in [1.82, 2.24) is 0 Å². The molecule has 0 spiro atoms. The Labute approximate surface area is 348 Å². The molecule has 0 radical (unpaired) electrons. The van der Waals surface area contributed by atoms with Crippen molar-refractivity contribution < 1.29 is 33.5 Å².